The smallest absolute Gasteiger partial charge is 0.257 e. The van der Waals surface area contributed by atoms with Crippen LogP contribution in [0, 0.1) is 0 Å². The molecule has 0 N–H and O–H groups in total. The van der Waals surface area contributed by atoms with Crippen LogP contribution in [-0.2, 0) is 14.4 Å². The summed E-state index contributed by atoms with van der Waals surface area (Å²) in [6, 6.07) is -0.693. The maximum atomic E-state index is 12.1. The molecule has 5 nitrogen and oxygen atoms in total. The first-order valence-electron chi connectivity index (χ1n) is 5.87. The van der Waals surface area contributed by atoms with Crippen molar-refractivity contribution in [2.24, 2.45) is 0 Å². The molecule has 0 aromatic rings. The first-order valence-corrected chi connectivity index (χ1v) is 5.87. The summed E-state index contributed by atoms with van der Waals surface area (Å²) in [6.45, 7) is 4.66. The average Bonchev–Trinajstić information content (AvgIpc) is 2.87. The van der Waals surface area contributed by atoms with Gasteiger partial charge in [0.15, 0.2) is 0 Å². The van der Waals surface area contributed by atoms with Gasteiger partial charge in [0, 0.05) is 24.7 Å². The molecule has 0 aliphatic carbocycles. The number of carbonyl (C=O) groups excluding carboxylic acids is 3. The fourth-order valence-electron chi connectivity index (χ4n) is 2.29. The molecule has 0 saturated carbocycles. The van der Waals surface area contributed by atoms with Crippen LogP contribution in [0.5, 0.6) is 0 Å². The summed E-state index contributed by atoms with van der Waals surface area (Å²) >= 11 is 0. The molecule has 92 valence electrons. The van der Waals surface area contributed by atoms with E-state index in [0.717, 1.165) is 30.8 Å². The first-order chi connectivity index (χ1) is 8.02. The van der Waals surface area contributed by atoms with Gasteiger partial charge in [-0.25, -0.2) is 0 Å². The van der Waals surface area contributed by atoms with Crippen LogP contribution in [0.25, 0.3) is 0 Å². The summed E-state index contributed by atoms with van der Waals surface area (Å²) in [5, 5.41) is 0. The van der Waals surface area contributed by atoms with Gasteiger partial charge in [0.1, 0.15) is 6.04 Å². The molecule has 0 spiro atoms. The number of imide groups is 1. The van der Waals surface area contributed by atoms with Crippen molar-refractivity contribution < 1.29 is 14.4 Å². The third kappa shape index (κ3) is 1.97. The summed E-state index contributed by atoms with van der Waals surface area (Å²) in [4.78, 5) is 38.2. The Kier molecular flexibility index (Phi) is 3.00. The Balaban J connectivity index is 2.10. The lowest BCUT2D eigenvalue weighted by molar-refractivity contribution is -0.148. The molecule has 0 bridgehead atoms. The summed E-state index contributed by atoms with van der Waals surface area (Å²) in [6.07, 6.45) is 3.28. The number of hydrogen-bond acceptors (Lipinski definition) is 3. The third-order valence-corrected chi connectivity index (χ3v) is 3.30. The van der Waals surface area contributed by atoms with Gasteiger partial charge in [-0.3, -0.25) is 19.3 Å². The zero-order valence-electron chi connectivity index (χ0n) is 10.1. The van der Waals surface area contributed by atoms with Gasteiger partial charge < -0.3 is 4.90 Å². The molecule has 1 saturated heterocycles. The number of rotatable bonds is 2. The van der Waals surface area contributed by atoms with E-state index in [9.17, 15) is 14.4 Å². The highest BCUT2D eigenvalue weighted by molar-refractivity contribution is 6.17. The van der Waals surface area contributed by atoms with Gasteiger partial charge in [-0.1, -0.05) is 0 Å². The van der Waals surface area contributed by atoms with Crippen LogP contribution in [0.1, 0.15) is 26.7 Å². The van der Waals surface area contributed by atoms with Crippen LogP contribution >= 0.6 is 0 Å². The van der Waals surface area contributed by atoms with Gasteiger partial charge in [0.25, 0.3) is 11.8 Å². The lowest BCUT2D eigenvalue weighted by Gasteiger charge is -2.26. The summed E-state index contributed by atoms with van der Waals surface area (Å²) in [7, 11) is 0. The number of nitrogens with zero attached hydrogens (tertiary/aromatic N) is 2. The van der Waals surface area contributed by atoms with Crippen molar-refractivity contribution in [2.75, 3.05) is 13.1 Å². The zero-order chi connectivity index (χ0) is 12.6. The second kappa shape index (κ2) is 4.31. The number of carbonyl (C=O) groups is 3. The number of likely N-dealkylation sites (tertiary alicyclic amines) is 1. The van der Waals surface area contributed by atoms with E-state index in [1.807, 2.05) is 0 Å². The van der Waals surface area contributed by atoms with Crippen molar-refractivity contribution in [3.63, 3.8) is 0 Å². The Morgan fingerprint density at radius 2 is 1.88 bits per heavy atom. The van der Waals surface area contributed by atoms with Crippen molar-refractivity contribution in [2.45, 2.75) is 32.7 Å². The minimum absolute atomic E-state index is 0.132. The predicted octanol–water partition coefficient (Wildman–Crippen LogP) is 0.312. The van der Waals surface area contributed by atoms with E-state index in [-0.39, 0.29) is 17.7 Å². The van der Waals surface area contributed by atoms with Crippen LogP contribution in [0.2, 0.25) is 0 Å². The Labute approximate surface area is 100 Å². The predicted molar refractivity (Wildman–Crippen MR) is 60.9 cm³/mol. The van der Waals surface area contributed by atoms with E-state index < -0.39 is 6.04 Å². The van der Waals surface area contributed by atoms with Crippen LogP contribution in [0.15, 0.2) is 11.6 Å². The van der Waals surface area contributed by atoms with Gasteiger partial charge in [-0.2, -0.15) is 0 Å². The quantitative estimate of drug-likeness (QED) is 0.648. The molecule has 0 aromatic carbocycles. The number of hydrogen-bond donors (Lipinski definition) is 0. The monoisotopic (exact) mass is 236 g/mol. The highest BCUT2D eigenvalue weighted by Gasteiger charge is 2.37. The SMILES string of the molecule is CC1=CC(=O)N(C(C)C(=O)N2CCCC2)C1=O. The molecule has 1 unspecified atom stereocenters. The second-order valence-corrected chi connectivity index (χ2v) is 4.55. The highest BCUT2D eigenvalue weighted by atomic mass is 16.2. The second-order valence-electron chi connectivity index (χ2n) is 4.55. The van der Waals surface area contributed by atoms with Gasteiger partial charge >= 0.3 is 0 Å². The van der Waals surface area contributed by atoms with Crippen molar-refractivity contribution >= 4 is 17.7 Å². The van der Waals surface area contributed by atoms with Gasteiger partial charge in [0.2, 0.25) is 5.91 Å². The Morgan fingerprint density at radius 3 is 2.35 bits per heavy atom. The van der Waals surface area contributed by atoms with Crippen molar-refractivity contribution in [3.8, 4) is 0 Å². The van der Waals surface area contributed by atoms with Gasteiger partial charge in [-0.05, 0) is 26.7 Å². The van der Waals surface area contributed by atoms with Gasteiger partial charge in [-0.15, -0.1) is 0 Å². The molecular formula is C12H16N2O3. The lowest BCUT2D eigenvalue weighted by Crippen LogP contribution is -2.49. The molecule has 0 aromatic heterocycles. The largest absolute Gasteiger partial charge is 0.341 e. The van der Waals surface area contributed by atoms with Crippen LogP contribution in [0.3, 0.4) is 0 Å². The molecule has 2 rings (SSSR count). The molecule has 1 atom stereocenters. The Hall–Kier alpha value is -1.65. The normalized spacial score (nSPS) is 22.1. The van der Waals surface area contributed by atoms with Crippen LogP contribution in [-0.4, -0.2) is 46.7 Å². The standard InChI is InChI=1S/C12H16N2O3/c1-8-7-10(15)14(11(8)16)9(2)12(17)13-5-3-4-6-13/h7,9H,3-6H2,1-2H3. The van der Waals surface area contributed by atoms with E-state index >= 15 is 0 Å². The Bertz CT molecular complexity index is 408. The molecule has 2 aliphatic rings. The van der Waals surface area contributed by atoms with Gasteiger partial charge in [0.05, 0.1) is 0 Å². The molecule has 2 aliphatic heterocycles. The lowest BCUT2D eigenvalue weighted by atomic mass is 10.2. The van der Waals surface area contributed by atoms with E-state index in [0.29, 0.717) is 5.57 Å². The fourth-order valence-corrected chi connectivity index (χ4v) is 2.29. The van der Waals surface area contributed by atoms with E-state index in [2.05, 4.69) is 0 Å². The average molecular weight is 236 g/mol. The minimum atomic E-state index is -0.693. The van der Waals surface area contributed by atoms with E-state index in [4.69, 9.17) is 0 Å². The maximum absolute atomic E-state index is 12.1. The van der Waals surface area contributed by atoms with Crippen LogP contribution < -0.4 is 0 Å². The van der Waals surface area contributed by atoms with Crippen LogP contribution in [0.4, 0.5) is 0 Å². The third-order valence-electron chi connectivity index (χ3n) is 3.30. The molecule has 2 heterocycles. The topological polar surface area (TPSA) is 57.7 Å². The molecule has 17 heavy (non-hydrogen) atoms. The van der Waals surface area contributed by atoms with E-state index in [1.165, 1.54) is 6.08 Å². The van der Waals surface area contributed by atoms with Crippen molar-refractivity contribution in [3.05, 3.63) is 11.6 Å². The summed E-state index contributed by atoms with van der Waals surface area (Å²) in [5.41, 5.74) is 0.399. The molecule has 3 amide bonds. The summed E-state index contributed by atoms with van der Waals surface area (Å²) in [5.74, 6) is -0.866. The van der Waals surface area contributed by atoms with Crippen molar-refractivity contribution in [1.29, 1.82) is 0 Å². The fraction of sp³-hybridized carbons (Fsp3) is 0.583. The molecule has 0 radical (unpaired) electrons. The first kappa shape index (κ1) is 11.8. The molecular weight excluding hydrogens is 220 g/mol. The highest BCUT2D eigenvalue weighted by Crippen LogP contribution is 2.18. The summed E-state index contributed by atoms with van der Waals surface area (Å²) < 4.78 is 0. The zero-order valence-corrected chi connectivity index (χ0v) is 10.1. The Morgan fingerprint density at radius 1 is 1.29 bits per heavy atom. The maximum Gasteiger partial charge on any atom is 0.257 e. The molecule has 1 fully saturated rings. The minimum Gasteiger partial charge on any atom is -0.341 e. The number of amides is 3. The molecule has 5 heteroatoms. The van der Waals surface area contributed by atoms with E-state index in [1.54, 1.807) is 18.7 Å². The van der Waals surface area contributed by atoms with Crippen molar-refractivity contribution in [1.82, 2.24) is 9.80 Å².